The molecule has 1 amide bonds. The van der Waals surface area contributed by atoms with Crippen molar-refractivity contribution >= 4 is 12.2 Å². The van der Waals surface area contributed by atoms with Crippen LogP contribution in [-0.2, 0) is 22.6 Å². The second-order valence-electron chi connectivity index (χ2n) is 9.12. The lowest BCUT2D eigenvalue weighted by Gasteiger charge is -2.17. The van der Waals surface area contributed by atoms with Gasteiger partial charge in [-0.2, -0.15) is 0 Å². The molecule has 4 aromatic rings. The number of amidine groups is 1. The summed E-state index contributed by atoms with van der Waals surface area (Å²) in [5.74, 6) is 0.687. The Morgan fingerprint density at radius 3 is 2.41 bits per heavy atom. The summed E-state index contributed by atoms with van der Waals surface area (Å²) in [6, 6.07) is 21.4. The summed E-state index contributed by atoms with van der Waals surface area (Å²) in [5.41, 5.74) is 5.05. The molecule has 0 fully saturated rings. The Morgan fingerprint density at radius 1 is 1.05 bits per heavy atom. The number of rotatable bonds is 10. The molecule has 0 radical (unpaired) electrons. The topological polar surface area (TPSA) is 85.6 Å². The van der Waals surface area contributed by atoms with Crippen molar-refractivity contribution in [2.75, 3.05) is 7.11 Å². The van der Waals surface area contributed by atoms with Crippen LogP contribution in [0.15, 0.2) is 82.7 Å². The zero-order valence-corrected chi connectivity index (χ0v) is 22.3. The van der Waals surface area contributed by atoms with Crippen molar-refractivity contribution in [3.8, 4) is 22.3 Å². The molecule has 0 aliphatic heterocycles. The molecule has 0 saturated carbocycles. The molecule has 3 aromatic carbocycles. The fourth-order valence-electron chi connectivity index (χ4n) is 4.57. The van der Waals surface area contributed by atoms with E-state index in [1.54, 1.807) is 16.7 Å². The minimum atomic E-state index is -0.353. The number of benzene rings is 3. The third-order valence-electron chi connectivity index (χ3n) is 6.48. The van der Waals surface area contributed by atoms with Crippen molar-refractivity contribution in [3.63, 3.8) is 0 Å². The van der Waals surface area contributed by atoms with E-state index in [0.717, 1.165) is 35.4 Å². The number of carbonyl (C=O) groups is 1. The second-order valence-corrected chi connectivity index (χ2v) is 9.12. The average molecular weight is 527 g/mol. The average Bonchev–Trinajstić information content (AvgIpc) is 2.95. The van der Waals surface area contributed by atoms with Gasteiger partial charge in [0.2, 0.25) is 6.41 Å². The second kappa shape index (κ2) is 12.8. The van der Waals surface area contributed by atoms with Gasteiger partial charge in [0, 0.05) is 12.0 Å². The third-order valence-corrected chi connectivity index (χ3v) is 6.48. The van der Waals surface area contributed by atoms with Gasteiger partial charge in [-0.25, -0.2) is 9.37 Å². The highest BCUT2D eigenvalue weighted by molar-refractivity contribution is 6.08. The van der Waals surface area contributed by atoms with E-state index in [0.29, 0.717) is 47.6 Å². The Morgan fingerprint density at radius 2 is 1.74 bits per heavy atom. The van der Waals surface area contributed by atoms with Crippen LogP contribution in [0.2, 0.25) is 0 Å². The minimum Gasteiger partial charge on any atom is -0.397 e. The number of halogens is 1. The molecule has 4 rings (SSSR count). The number of amides is 1. The van der Waals surface area contributed by atoms with Crippen molar-refractivity contribution in [3.05, 3.63) is 112 Å². The van der Waals surface area contributed by atoms with Crippen molar-refractivity contribution in [2.24, 2.45) is 5.16 Å². The number of aromatic nitrogens is 2. The van der Waals surface area contributed by atoms with E-state index in [9.17, 15) is 14.0 Å². The summed E-state index contributed by atoms with van der Waals surface area (Å²) in [6.45, 7) is 4.28. The van der Waals surface area contributed by atoms with Gasteiger partial charge in [0.05, 0.1) is 17.8 Å². The van der Waals surface area contributed by atoms with Crippen LogP contribution in [0.1, 0.15) is 42.4 Å². The highest BCUT2D eigenvalue weighted by atomic mass is 19.1. The molecule has 0 aliphatic rings. The highest BCUT2D eigenvalue weighted by Gasteiger charge is 2.17. The summed E-state index contributed by atoms with van der Waals surface area (Å²) in [5, 5.41) is 6.53. The lowest BCUT2D eigenvalue weighted by atomic mass is 9.98. The van der Waals surface area contributed by atoms with Crippen molar-refractivity contribution in [1.29, 1.82) is 0 Å². The van der Waals surface area contributed by atoms with E-state index in [4.69, 9.17) is 9.82 Å². The van der Waals surface area contributed by atoms with Crippen LogP contribution in [0.5, 0.6) is 0 Å². The zero-order valence-electron chi connectivity index (χ0n) is 22.3. The number of oxime groups is 1. The van der Waals surface area contributed by atoms with Crippen LogP contribution in [0.4, 0.5) is 4.39 Å². The first-order valence-electron chi connectivity index (χ1n) is 12.8. The van der Waals surface area contributed by atoms with Crippen LogP contribution in [0.25, 0.3) is 22.3 Å². The molecular formula is C31H31FN4O3. The molecule has 0 unspecified atom stereocenters. The fourth-order valence-corrected chi connectivity index (χ4v) is 4.57. The van der Waals surface area contributed by atoms with Crippen LogP contribution >= 0.6 is 0 Å². The van der Waals surface area contributed by atoms with Crippen molar-refractivity contribution < 1.29 is 14.0 Å². The Kier molecular flexibility index (Phi) is 8.99. The SMILES string of the molecule is CCCCc1nc(C)c(-c2ccc(F)cc2)c(=O)n1Cc1ccc(-c2ccccc2/C(=N/OC)NC=O)cc1. The Labute approximate surface area is 227 Å². The number of nitrogens with zero attached hydrogens (tertiary/aromatic N) is 3. The molecule has 39 heavy (non-hydrogen) atoms. The summed E-state index contributed by atoms with van der Waals surface area (Å²) >= 11 is 0. The van der Waals surface area contributed by atoms with Gasteiger partial charge in [-0.3, -0.25) is 14.2 Å². The molecule has 0 saturated heterocycles. The predicted octanol–water partition coefficient (Wildman–Crippen LogP) is 5.47. The molecule has 1 heterocycles. The largest absolute Gasteiger partial charge is 0.397 e. The van der Waals surface area contributed by atoms with E-state index < -0.39 is 0 Å². The molecule has 0 bridgehead atoms. The number of carbonyl (C=O) groups excluding carboxylic acids is 1. The van der Waals surface area contributed by atoms with Gasteiger partial charge >= 0.3 is 0 Å². The molecular weight excluding hydrogens is 495 g/mol. The Hall–Kier alpha value is -4.59. The number of unbranched alkanes of at least 4 members (excludes halogenated alkanes) is 1. The van der Waals surface area contributed by atoms with Gasteiger partial charge in [0.15, 0.2) is 5.84 Å². The van der Waals surface area contributed by atoms with Gasteiger partial charge in [0.25, 0.3) is 5.56 Å². The minimum absolute atomic E-state index is 0.144. The number of aryl methyl sites for hydroxylation is 2. The van der Waals surface area contributed by atoms with Crippen LogP contribution in [-0.4, -0.2) is 28.9 Å². The molecule has 0 spiro atoms. The fraction of sp³-hybridized carbons (Fsp3) is 0.226. The van der Waals surface area contributed by atoms with Crippen LogP contribution in [0.3, 0.4) is 0 Å². The van der Waals surface area contributed by atoms with Gasteiger partial charge in [-0.05, 0) is 47.7 Å². The monoisotopic (exact) mass is 526 g/mol. The molecule has 1 N–H and O–H groups in total. The number of hydrogen-bond acceptors (Lipinski definition) is 5. The Bertz CT molecular complexity index is 1530. The van der Waals surface area contributed by atoms with E-state index in [1.807, 2.05) is 55.5 Å². The van der Waals surface area contributed by atoms with Crippen molar-refractivity contribution in [1.82, 2.24) is 14.9 Å². The zero-order chi connectivity index (χ0) is 27.8. The predicted molar refractivity (Wildman–Crippen MR) is 151 cm³/mol. The first kappa shape index (κ1) is 27.4. The van der Waals surface area contributed by atoms with Gasteiger partial charge in [0.1, 0.15) is 18.8 Å². The van der Waals surface area contributed by atoms with Gasteiger partial charge < -0.3 is 10.2 Å². The normalized spacial score (nSPS) is 11.3. The molecule has 0 aliphatic carbocycles. The Balaban J connectivity index is 1.72. The first-order chi connectivity index (χ1) is 19.0. The summed E-state index contributed by atoms with van der Waals surface area (Å²) < 4.78 is 15.3. The number of nitrogens with one attached hydrogen (secondary N) is 1. The number of hydrogen-bond donors (Lipinski definition) is 1. The maximum Gasteiger partial charge on any atom is 0.261 e. The maximum atomic E-state index is 13.8. The highest BCUT2D eigenvalue weighted by Crippen LogP contribution is 2.25. The van der Waals surface area contributed by atoms with Crippen LogP contribution < -0.4 is 10.9 Å². The summed E-state index contributed by atoms with van der Waals surface area (Å²) in [4.78, 5) is 34.6. The van der Waals surface area contributed by atoms with E-state index in [2.05, 4.69) is 17.4 Å². The van der Waals surface area contributed by atoms with E-state index >= 15 is 0 Å². The third kappa shape index (κ3) is 6.29. The molecule has 200 valence electrons. The molecule has 8 heteroatoms. The lowest BCUT2D eigenvalue weighted by Crippen LogP contribution is -2.28. The maximum absolute atomic E-state index is 13.8. The van der Waals surface area contributed by atoms with Crippen molar-refractivity contribution in [2.45, 2.75) is 39.7 Å². The standard InChI is InChI=1S/C31H31FN4O3/c1-4-5-10-28-34-21(2)29(24-15-17-25(32)18-16-24)31(38)36(28)19-22-11-13-23(14-12-22)26-8-6-7-9-27(26)30(33-20-37)35-39-3/h6-9,11-18,20H,4-5,10,19H2,1-3H3,(H,33,35,37). The van der Waals surface area contributed by atoms with E-state index in [-0.39, 0.29) is 11.4 Å². The van der Waals surface area contributed by atoms with Crippen LogP contribution in [0, 0.1) is 12.7 Å². The first-order valence-corrected chi connectivity index (χ1v) is 12.8. The lowest BCUT2D eigenvalue weighted by molar-refractivity contribution is -0.108. The molecule has 7 nitrogen and oxygen atoms in total. The molecule has 0 atom stereocenters. The smallest absolute Gasteiger partial charge is 0.261 e. The van der Waals surface area contributed by atoms with E-state index in [1.165, 1.54) is 19.2 Å². The summed E-state index contributed by atoms with van der Waals surface area (Å²) in [7, 11) is 1.42. The molecule has 1 aromatic heterocycles. The summed E-state index contributed by atoms with van der Waals surface area (Å²) in [6.07, 6.45) is 3.14. The van der Waals surface area contributed by atoms with Gasteiger partial charge in [-0.1, -0.05) is 79.2 Å². The quantitative estimate of drug-likeness (QED) is 0.129. The van der Waals surface area contributed by atoms with Gasteiger partial charge in [-0.15, -0.1) is 0 Å².